The zero-order valence-electron chi connectivity index (χ0n) is 14.2. The molecular weight excluding hydrogens is 306 g/mol. The molecule has 2 amide bonds. The van der Waals surface area contributed by atoms with Gasteiger partial charge < -0.3 is 14.7 Å². The van der Waals surface area contributed by atoms with E-state index in [0.717, 1.165) is 38.4 Å². The zero-order valence-corrected chi connectivity index (χ0v) is 14.2. The van der Waals surface area contributed by atoms with Crippen LogP contribution in [0.3, 0.4) is 0 Å². The van der Waals surface area contributed by atoms with Crippen LogP contribution >= 0.6 is 0 Å². The molecule has 3 rings (SSSR count). The lowest BCUT2D eigenvalue weighted by Crippen LogP contribution is -2.53. The van der Waals surface area contributed by atoms with Crippen LogP contribution in [0, 0.1) is 5.92 Å². The van der Waals surface area contributed by atoms with Crippen molar-refractivity contribution in [3.05, 3.63) is 18.5 Å². The van der Waals surface area contributed by atoms with Gasteiger partial charge in [0.05, 0.1) is 5.92 Å². The Morgan fingerprint density at radius 2 is 1.79 bits per heavy atom. The standard InChI is InChI=1S/C17H25N5O2/c1-2-15(23)22-8-3-5-14(13-22)16(24)20-9-11-21(12-10-20)17-18-6-4-7-19-17/h4,6-7,14H,2-3,5,8-13H2,1H3. The van der Waals surface area contributed by atoms with Gasteiger partial charge in [-0.2, -0.15) is 0 Å². The lowest BCUT2D eigenvalue weighted by atomic mass is 9.96. The van der Waals surface area contributed by atoms with Crippen LogP contribution in [-0.2, 0) is 9.59 Å². The van der Waals surface area contributed by atoms with Crippen LogP contribution in [0.4, 0.5) is 5.95 Å². The van der Waals surface area contributed by atoms with Gasteiger partial charge in [0.25, 0.3) is 0 Å². The van der Waals surface area contributed by atoms with Crippen molar-refractivity contribution in [2.75, 3.05) is 44.2 Å². The van der Waals surface area contributed by atoms with Gasteiger partial charge in [0.1, 0.15) is 0 Å². The fourth-order valence-electron chi connectivity index (χ4n) is 3.47. The number of nitrogens with zero attached hydrogens (tertiary/aromatic N) is 5. The molecule has 1 aromatic heterocycles. The quantitative estimate of drug-likeness (QED) is 0.818. The first-order chi connectivity index (χ1) is 11.7. The number of amides is 2. The van der Waals surface area contributed by atoms with E-state index in [9.17, 15) is 9.59 Å². The molecule has 0 saturated carbocycles. The van der Waals surface area contributed by atoms with Crippen molar-refractivity contribution in [3.63, 3.8) is 0 Å². The number of carbonyl (C=O) groups is 2. The van der Waals surface area contributed by atoms with Gasteiger partial charge >= 0.3 is 0 Å². The van der Waals surface area contributed by atoms with E-state index >= 15 is 0 Å². The minimum Gasteiger partial charge on any atom is -0.342 e. The molecule has 7 heteroatoms. The van der Waals surface area contributed by atoms with E-state index in [1.165, 1.54) is 0 Å². The maximum atomic E-state index is 12.8. The number of rotatable bonds is 3. The third-order valence-corrected chi connectivity index (χ3v) is 4.85. The molecule has 0 bridgehead atoms. The fraction of sp³-hybridized carbons (Fsp3) is 0.647. The molecule has 130 valence electrons. The second-order valence-electron chi connectivity index (χ2n) is 6.39. The van der Waals surface area contributed by atoms with Gasteiger partial charge in [-0.25, -0.2) is 9.97 Å². The zero-order chi connectivity index (χ0) is 16.9. The van der Waals surface area contributed by atoms with E-state index in [4.69, 9.17) is 0 Å². The average molecular weight is 331 g/mol. The van der Waals surface area contributed by atoms with Crippen molar-refractivity contribution in [1.29, 1.82) is 0 Å². The van der Waals surface area contributed by atoms with Crippen LogP contribution in [0.25, 0.3) is 0 Å². The number of hydrogen-bond donors (Lipinski definition) is 0. The Morgan fingerprint density at radius 1 is 1.08 bits per heavy atom. The number of piperazine rings is 1. The van der Waals surface area contributed by atoms with Gasteiger partial charge in [0.15, 0.2) is 0 Å². The van der Waals surface area contributed by atoms with E-state index < -0.39 is 0 Å². The van der Waals surface area contributed by atoms with Crippen LogP contribution in [-0.4, -0.2) is 70.9 Å². The summed E-state index contributed by atoms with van der Waals surface area (Å²) in [6.45, 7) is 6.12. The summed E-state index contributed by atoms with van der Waals surface area (Å²) >= 11 is 0. The fourth-order valence-corrected chi connectivity index (χ4v) is 3.47. The lowest BCUT2D eigenvalue weighted by Gasteiger charge is -2.39. The number of likely N-dealkylation sites (tertiary alicyclic amines) is 1. The Hall–Kier alpha value is -2.18. The van der Waals surface area contributed by atoms with Crippen molar-refractivity contribution < 1.29 is 9.59 Å². The monoisotopic (exact) mass is 331 g/mol. The first-order valence-electron chi connectivity index (χ1n) is 8.77. The molecule has 0 spiro atoms. The highest BCUT2D eigenvalue weighted by Gasteiger charge is 2.32. The molecule has 2 aliphatic rings. The molecule has 1 unspecified atom stereocenters. The number of carbonyl (C=O) groups excluding carboxylic acids is 2. The molecule has 1 aromatic rings. The highest BCUT2D eigenvalue weighted by Crippen LogP contribution is 2.21. The smallest absolute Gasteiger partial charge is 0.227 e. The maximum absolute atomic E-state index is 12.8. The summed E-state index contributed by atoms with van der Waals surface area (Å²) in [7, 11) is 0. The van der Waals surface area contributed by atoms with Gasteiger partial charge in [-0.1, -0.05) is 6.92 Å². The van der Waals surface area contributed by atoms with Gasteiger partial charge in [0, 0.05) is 58.1 Å². The summed E-state index contributed by atoms with van der Waals surface area (Å²) < 4.78 is 0. The SMILES string of the molecule is CCC(=O)N1CCCC(C(=O)N2CCN(c3ncccn3)CC2)C1. The molecule has 2 aliphatic heterocycles. The van der Waals surface area contributed by atoms with E-state index in [0.29, 0.717) is 26.1 Å². The van der Waals surface area contributed by atoms with E-state index in [1.54, 1.807) is 18.5 Å². The number of aromatic nitrogens is 2. The van der Waals surface area contributed by atoms with E-state index in [-0.39, 0.29) is 17.7 Å². The van der Waals surface area contributed by atoms with E-state index in [1.807, 2.05) is 16.7 Å². The topological polar surface area (TPSA) is 69.6 Å². The summed E-state index contributed by atoms with van der Waals surface area (Å²) in [5, 5.41) is 0. The van der Waals surface area contributed by atoms with Crippen LogP contribution in [0.1, 0.15) is 26.2 Å². The first kappa shape index (κ1) is 16.7. The number of piperidine rings is 1. The van der Waals surface area contributed by atoms with Gasteiger partial charge in [-0.3, -0.25) is 9.59 Å². The molecular formula is C17H25N5O2. The first-order valence-corrected chi connectivity index (χ1v) is 8.77. The van der Waals surface area contributed by atoms with Crippen molar-refractivity contribution >= 4 is 17.8 Å². The predicted octanol–water partition coefficient (Wildman–Crippen LogP) is 0.774. The Balaban J connectivity index is 1.54. The minimum atomic E-state index is -0.0474. The summed E-state index contributed by atoms with van der Waals surface area (Å²) in [5.41, 5.74) is 0. The Morgan fingerprint density at radius 3 is 2.46 bits per heavy atom. The molecule has 7 nitrogen and oxygen atoms in total. The Bertz CT molecular complexity index is 572. The molecule has 0 radical (unpaired) electrons. The Labute approximate surface area is 142 Å². The van der Waals surface area contributed by atoms with Crippen molar-refractivity contribution in [3.8, 4) is 0 Å². The highest BCUT2D eigenvalue weighted by molar-refractivity contribution is 5.81. The lowest BCUT2D eigenvalue weighted by molar-refractivity contribution is -0.141. The molecule has 2 fully saturated rings. The molecule has 24 heavy (non-hydrogen) atoms. The molecule has 0 aliphatic carbocycles. The molecule has 2 saturated heterocycles. The number of anilines is 1. The second kappa shape index (κ2) is 7.59. The van der Waals surface area contributed by atoms with Gasteiger partial charge in [0.2, 0.25) is 17.8 Å². The third kappa shape index (κ3) is 3.66. The van der Waals surface area contributed by atoms with Crippen LogP contribution in [0.15, 0.2) is 18.5 Å². The van der Waals surface area contributed by atoms with Gasteiger partial charge in [-0.15, -0.1) is 0 Å². The second-order valence-corrected chi connectivity index (χ2v) is 6.39. The maximum Gasteiger partial charge on any atom is 0.227 e. The highest BCUT2D eigenvalue weighted by atomic mass is 16.2. The van der Waals surface area contributed by atoms with Gasteiger partial charge in [-0.05, 0) is 18.9 Å². The van der Waals surface area contributed by atoms with Crippen molar-refractivity contribution in [1.82, 2.24) is 19.8 Å². The minimum absolute atomic E-state index is 0.0474. The van der Waals surface area contributed by atoms with Crippen LogP contribution in [0.5, 0.6) is 0 Å². The average Bonchev–Trinajstić information content (AvgIpc) is 2.67. The van der Waals surface area contributed by atoms with Crippen molar-refractivity contribution in [2.45, 2.75) is 26.2 Å². The summed E-state index contributed by atoms with van der Waals surface area (Å²) in [6, 6.07) is 1.80. The van der Waals surface area contributed by atoms with E-state index in [2.05, 4.69) is 14.9 Å². The van der Waals surface area contributed by atoms with Crippen LogP contribution in [0.2, 0.25) is 0 Å². The number of hydrogen-bond acceptors (Lipinski definition) is 5. The molecule has 0 aromatic carbocycles. The van der Waals surface area contributed by atoms with Crippen molar-refractivity contribution in [2.24, 2.45) is 5.92 Å². The molecule has 1 atom stereocenters. The Kier molecular flexibility index (Phi) is 5.27. The normalized spacial score (nSPS) is 21.7. The molecule has 3 heterocycles. The third-order valence-electron chi connectivity index (χ3n) is 4.85. The summed E-state index contributed by atoms with van der Waals surface area (Å²) in [6.07, 6.45) is 5.79. The predicted molar refractivity (Wildman–Crippen MR) is 90.4 cm³/mol. The largest absolute Gasteiger partial charge is 0.342 e. The summed E-state index contributed by atoms with van der Waals surface area (Å²) in [4.78, 5) is 39.1. The molecule has 0 N–H and O–H groups in total. The summed E-state index contributed by atoms with van der Waals surface area (Å²) in [5.74, 6) is 1.02. The van der Waals surface area contributed by atoms with Crippen LogP contribution < -0.4 is 4.90 Å².